The minimum atomic E-state index is -1.01. The van der Waals surface area contributed by atoms with Crippen molar-refractivity contribution in [2.24, 2.45) is 5.73 Å². The molecule has 0 radical (unpaired) electrons. The van der Waals surface area contributed by atoms with Crippen molar-refractivity contribution >= 4 is 11.9 Å². The number of nitrogens with two attached hydrogens (primary N) is 1. The zero-order valence-corrected chi connectivity index (χ0v) is 13.2. The number of para-hydroxylation sites is 1. The summed E-state index contributed by atoms with van der Waals surface area (Å²) < 4.78 is 5.15. The van der Waals surface area contributed by atoms with Crippen molar-refractivity contribution in [3.8, 4) is 5.75 Å². The summed E-state index contributed by atoms with van der Waals surface area (Å²) in [5.74, 6) is -1.35. The minimum absolute atomic E-state index is 0.0243. The van der Waals surface area contributed by atoms with Crippen LogP contribution in [0.25, 0.3) is 0 Å². The number of nitrogens with zero attached hydrogens (tertiary/aromatic N) is 1. The predicted molar refractivity (Wildman–Crippen MR) is 86.3 cm³/mol. The van der Waals surface area contributed by atoms with Crippen LogP contribution in [0.4, 0.5) is 0 Å². The van der Waals surface area contributed by atoms with Crippen LogP contribution < -0.4 is 11.1 Å². The number of carbonyl (C=O) groups is 2. The van der Waals surface area contributed by atoms with E-state index in [1.54, 1.807) is 24.7 Å². The van der Waals surface area contributed by atoms with E-state index < -0.39 is 24.0 Å². The number of H-pyrrole nitrogens is 1. The van der Waals surface area contributed by atoms with Gasteiger partial charge in [0.1, 0.15) is 23.5 Å². The van der Waals surface area contributed by atoms with Crippen LogP contribution in [0.1, 0.15) is 23.0 Å². The molecule has 0 aliphatic rings. The number of phenols is 1. The average molecular weight is 332 g/mol. The Morgan fingerprint density at radius 2 is 2.17 bits per heavy atom. The van der Waals surface area contributed by atoms with Gasteiger partial charge in [-0.3, -0.25) is 4.79 Å². The van der Waals surface area contributed by atoms with Gasteiger partial charge in [0.2, 0.25) is 5.91 Å². The fourth-order valence-corrected chi connectivity index (χ4v) is 2.02. The zero-order chi connectivity index (χ0) is 17.5. The molecule has 0 bridgehead atoms. The summed E-state index contributed by atoms with van der Waals surface area (Å²) in [6, 6.07) is 4.99. The molecule has 0 aliphatic heterocycles. The van der Waals surface area contributed by atoms with Crippen molar-refractivity contribution in [1.82, 2.24) is 15.3 Å². The molecular weight excluding hydrogens is 312 g/mol. The largest absolute Gasteiger partial charge is 0.507 e. The van der Waals surface area contributed by atoms with Crippen LogP contribution in [0, 0.1) is 0 Å². The molecule has 1 aromatic heterocycles. The smallest absolute Gasteiger partial charge is 0.342 e. The lowest BCUT2D eigenvalue weighted by molar-refractivity contribution is -0.124. The third kappa shape index (κ3) is 4.56. The zero-order valence-electron chi connectivity index (χ0n) is 13.2. The maximum atomic E-state index is 12.0. The fraction of sp³-hybridized carbons (Fsp3) is 0.312. The van der Waals surface area contributed by atoms with E-state index in [0.717, 1.165) is 5.69 Å². The molecule has 2 atom stereocenters. The van der Waals surface area contributed by atoms with Crippen LogP contribution in [-0.2, 0) is 16.0 Å². The number of benzene rings is 1. The standard InChI is InChI=1S/C16H20N4O4/c1-10(24-16(23)12-4-2-3-5-13(12)21)14(17)15(22)19-7-6-11-8-18-9-20-11/h2-5,8-10,14,21H,6-7,17H2,1H3,(H,18,20)(H,19,22)/t10-,14+/m1/s1. The van der Waals surface area contributed by atoms with Crippen LogP contribution in [0.15, 0.2) is 36.8 Å². The number of aromatic nitrogens is 2. The predicted octanol–water partition coefficient (Wildman–Crippen LogP) is 0.347. The highest BCUT2D eigenvalue weighted by Crippen LogP contribution is 2.17. The number of hydrogen-bond acceptors (Lipinski definition) is 6. The molecule has 24 heavy (non-hydrogen) atoms. The number of aromatic amines is 1. The average Bonchev–Trinajstić information content (AvgIpc) is 3.07. The first-order valence-electron chi connectivity index (χ1n) is 7.48. The topological polar surface area (TPSA) is 130 Å². The van der Waals surface area contributed by atoms with Gasteiger partial charge in [-0.15, -0.1) is 0 Å². The fourth-order valence-electron chi connectivity index (χ4n) is 2.02. The second-order valence-electron chi connectivity index (χ2n) is 5.27. The van der Waals surface area contributed by atoms with Crippen LogP contribution in [0.2, 0.25) is 0 Å². The summed E-state index contributed by atoms with van der Waals surface area (Å²) in [6.07, 6.45) is 2.97. The van der Waals surface area contributed by atoms with Gasteiger partial charge in [0, 0.05) is 24.9 Å². The van der Waals surface area contributed by atoms with E-state index in [0.29, 0.717) is 13.0 Å². The van der Waals surface area contributed by atoms with Gasteiger partial charge in [-0.2, -0.15) is 0 Å². The van der Waals surface area contributed by atoms with E-state index >= 15 is 0 Å². The van der Waals surface area contributed by atoms with Crippen LogP contribution in [-0.4, -0.2) is 45.6 Å². The quantitative estimate of drug-likeness (QED) is 0.541. The van der Waals surface area contributed by atoms with Crippen molar-refractivity contribution in [2.45, 2.75) is 25.5 Å². The molecule has 0 spiro atoms. The van der Waals surface area contributed by atoms with E-state index in [1.807, 2.05) is 0 Å². The number of aromatic hydroxyl groups is 1. The number of carbonyl (C=O) groups excluding carboxylic acids is 2. The molecular formula is C16H20N4O4. The number of amides is 1. The lowest BCUT2D eigenvalue weighted by Crippen LogP contribution is -2.49. The molecule has 0 saturated carbocycles. The Hall–Kier alpha value is -2.87. The van der Waals surface area contributed by atoms with E-state index in [4.69, 9.17) is 10.5 Å². The summed E-state index contributed by atoms with van der Waals surface area (Å²) in [5, 5.41) is 12.3. The maximum absolute atomic E-state index is 12.0. The summed E-state index contributed by atoms with van der Waals surface area (Å²) in [6.45, 7) is 1.91. The second kappa shape index (κ2) is 8.11. The van der Waals surface area contributed by atoms with E-state index in [-0.39, 0.29) is 11.3 Å². The summed E-state index contributed by atoms with van der Waals surface area (Å²) in [4.78, 5) is 30.8. The molecule has 2 aromatic rings. The molecule has 8 nitrogen and oxygen atoms in total. The van der Waals surface area contributed by atoms with Crippen LogP contribution in [0.3, 0.4) is 0 Å². The highest BCUT2D eigenvalue weighted by atomic mass is 16.5. The van der Waals surface area contributed by atoms with Crippen molar-refractivity contribution in [2.75, 3.05) is 6.54 Å². The van der Waals surface area contributed by atoms with Crippen molar-refractivity contribution in [3.05, 3.63) is 48.0 Å². The first-order valence-corrected chi connectivity index (χ1v) is 7.48. The van der Waals surface area contributed by atoms with Crippen molar-refractivity contribution < 1.29 is 19.4 Å². The van der Waals surface area contributed by atoms with Crippen molar-refractivity contribution in [1.29, 1.82) is 0 Å². The van der Waals surface area contributed by atoms with Gasteiger partial charge in [0.15, 0.2) is 0 Å². The van der Waals surface area contributed by atoms with Crippen LogP contribution >= 0.6 is 0 Å². The number of hydrogen-bond donors (Lipinski definition) is 4. The number of nitrogens with one attached hydrogen (secondary N) is 2. The monoisotopic (exact) mass is 332 g/mol. The SMILES string of the molecule is C[C@@H](OC(=O)c1ccccc1O)[C@H](N)C(=O)NCCc1cnc[nH]1. The van der Waals surface area contributed by atoms with Gasteiger partial charge in [0.05, 0.1) is 6.33 Å². The molecule has 8 heteroatoms. The number of esters is 1. The van der Waals surface area contributed by atoms with E-state index in [9.17, 15) is 14.7 Å². The Kier molecular flexibility index (Phi) is 5.91. The molecule has 1 aromatic carbocycles. The molecule has 0 unspecified atom stereocenters. The summed E-state index contributed by atoms with van der Waals surface area (Å²) in [7, 11) is 0. The van der Waals surface area contributed by atoms with Gasteiger partial charge in [0.25, 0.3) is 0 Å². The van der Waals surface area contributed by atoms with Gasteiger partial charge < -0.3 is 25.9 Å². The molecule has 2 rings (SSSR count). The first kappa shape index (κ1) is 17.5. The Labute approximate surface area is 139 Å². The van der Waals surface area contributed by atoms with Gasteiger partial charge in [-0.25, -0.2) is 9.78 Å². The van der Waals surface area contributed by atoms with Crippen molar-refractivity contribution in [3.63, 3.8) is 0 Å². The van der Waals surface area contributed by atoms with Gasteiger partial charge >= 0.3 is 5.97 Å². The highest BCUT2D eigenvalue weighted by molar-refractivity contribution is 5.92. The number of rotatable bonds is 7. The molecule has 0 saturated heterocycles. The first-order chi connectivity index (χ1) is 11.5. The minimum Gasteiger partial charge on any atom is -0.507 e. The molecule has 0 aliphatic carbocycles. The number of phenolic OH excluding ortho intramolecular Hbond substituents is 1. The molecule has 128 valence electrons. The summed E-state index contributed by atoms with van der Waals surface area (Å²) in [5.41, 5.74) is 6.73. The molecule has 5 N–H and O–H groups in total. The third-order valence-corrected chi connectivity index (χ3v) is 3.47. The Morgan fingerprint density at radius 1 is 1.42 bits per heavy atom. The summed E-state index contributed by atoms with van der Waals surface area (Å²) >= 11 is 0. The lowest BCUT2D eigenvalue weighted by atomic mass is 10.1. The Morgan fingerprint density at radius 3 is 2.83 bits per heavy atom. The molecule has 0 fully saturated rings. The van der Waals surface area contributed by atoms with Crippen LogP contribution in [0.5, 0.6) is 5.75 Å². The molecule has 1 amide bonds. The maximum Gasteiger partial charge on any atom is 0.342 e. The second-order valence-corrected chi connectivity index (χ2v) is 5.27. The van der Waals surface area contributed by atoms with E-state index in [1.165, 1.54) is 19.1 Å². The number of imidazole rings is 1. The van der Waals surface area contributed by atoms with Gasteiger partial charge in [-0.1, -0.05) is 12.1 Å². The molecule has 1 heterocycles. The van der Waals surface area contributed by atoms with Gasteiger partial charge in [-0.05, 0) is 19.1 Å². The Balaban J connectivity index is 1.82. The Bertz CT molecular complexity index is 687. The highest BCUT2D eigenvalue weighted by Gasteiger charge is 2.25. The lowest BCUT2D eigenvalue weighted by Gasteiger charge is -2.20. The van der Waals surface area contributed by atoms with E-state index in [2.05, 4.69) is 15.3 Å². The number of ether oxygens (including phenoxy) is 1. The third-order valence-electron chi connectivity index (χ3n) is 3.47. The normalized spacial score (nSPS) is 13.1.